The molecule has 0 bridgehead atoms. The zero-order valence-electron chi connectivity index (χ0n) is 13.4. The van der Waals surface area contributed by atoms with Gasteiger partial charge in [0.05, 0.1) is 18.2 Å². The van der Waals surface area contributed by atoms with Gasteiger partial charge in [-0.05, 0) is 30.7 Å². The normalized spacial score (nSPS) is 20.6. The Hall–Kier alpha value is -2.66. The van der Waals surface area contributed by atoms with Crippen LogP contribution in [-0.2, 0) is 4.74 Å². The first-order chi connectivity index (χ1) is 11.5. The lowest BCUT2D eigenvalue weighted by atomic mass is 10.0. The van der Waals surface area contributed by atoms with Crippen LogP contribution in [0.25, 0.3) is 0 Å². The standard InChI is InChI=1S/C19H19NO4/c1-13-11-20(12-17(24-13)14-6-3-2-4-7-14)18(21)15-8-5-9-16(10-15)19(22)23/h2-10,13,17H,11-12H2,1H3,(H,22,23). The Morgan fingerprint density at radius 1 is 1.04 bits per heavy atom. The number of aromatic carboxylic acids is 1. The highest BCUT2D eigenvalue weighted by molar-refractivity contribution is 5.97. The van der Waals surface area contributed by atoms with Gasteiger partial charge in [-0.15, -0.1) is 0 Å². The molecule has 0 aliphatic carbocycles. The van der Waals surface area contributed by atoms with E-state index in [0.29, 0.717) is 18.7 Å². The molecule has 1 heterocycles. The van der Waals surface area contributed by atoms with Gasteiger partial charge in [-0.3, -0.25) is 4.79 Å². The van der Waals surface area contributed by atoms with Crippen molar-refractivity contribution in [2.24, 2.45) is 0 Å². The third-order valence-electron chi connectivity index (χ3n) is 4.08. The fourth-order valence-corrected chi connectivity index (χ4v) is 2.94. The average Bonchev–Trinajstić information content (AvgIpc) is 2.61. The predicted molar refractivity (Wildman–Crippen MR) is 89.0 cm³/mol. The number of rotatable bonds is 3. The monoisotopic (exact) mass is 325 g/mol. The molecule has 1 aliphatic rings. The molecule has 2 aromatic carbocycles. The van der Waals surface area contributed by atoms with Gasteiger partial charge in [0, 0.05) is 12.1 Å². The molecule has 3 rings (SSSR count). The van der Waals surface area contributed by atoms with E-state index in [-0.39, 0.29) is 23.7 Å². The van der Waals surface area contributed by atoms with Crippen molar-refractivity contribution in [3.63, 3.8) is 0 Å². The van der Waals surface area contributed by atoms with Crippen LogP contribution in [0.2, 0.25) is 0 Å². The molecule has 5 nitrogen and oxygen atoms in total. The number of nitrogens with zero attached hydrogens (tertiary/aromatic N) is 1. The van der Waals surface area contributed by atoms with Gasteiger partial charge in [-0.2, -0.15) is 0 Å². The van der Waals surface area contributed by atoms with E-state index < -0.39 is 5.97 Å². The number of carboxylic acid groups (broad SMARTS) is 1. The van der Waals surface area contributed by atoms with Crippen LogP contribution in [0.1, 0.15) is 39.3 Å². The summed E-state index contributed by atoms with van der Waals surface area (Å²) in [5, 5.41) is 9.09. The summed E-state index contributed by atoms with van der Waals surface area (Å²) in [6.07, 6.45) is -0.267. The summed E-state index contributed by atoms with van der Waals surface area (Å²) in [5.41, 5.74) is 1.53. The van der Waals surface area contributed by atoms with E-state index in [2.05, 4.69) is 0 Å². The summed E-state index contributed by atoms with van der Waals surface area (Å²) < 4.78 is 5.96. The molecular weight excluding hydrogens is 306 g/mol. The lowest BCUT2D eigenvalue weighted by molar-refractivity contribution is -0.0691. The zero-order chi connectivity index (χ0) is 17.1. The molecule has 0 radical (unpaired) electrons. The minimum Gasteiger partial charge on any atom is -0.478 e. The smallest absolute Gasteiger partial charge is 0.335 e. The van der Waals surface area contributed by atoms with Crippen LogP contribution >= 0.6 is 0 Å². The number of hydrogen-bond donors (Lipinski definition) is 1. The number of carboxylic acids is 1. The molecule has 2 atom stereocenters. The number of carbonyl (C=O) groups is 2. The molecule has 1 saturated heterocycles. The van der Waals surface area contributed by atoms with E-state index in [1.807, 2.05) is 37.3 Å². The van der Waals surface area contributed by atoms with Crippen LogP contribution in [0.4, 0.5) is 0 Å². The third-order valence-corrected chi connectivity index (χ3v) is 4.08. The summed E-state index contributed by atoms with van der Waals surface area (Å²) in [5.74, 6) is -1.21. The fraction of sp³-hybridized carbons (Fsp3) is 0.263. The van der Waals surface area contributed by atoms with E-state index in [1.54, 1.807) is 17.0 Å². The molecule has 2 unspecified atom stereocenters. The quantitative estimate of drug-likeness (QED) is 0.942. The van der Waals surface area contributed by atoms with Crippen LogP contribution < -0.4 is 0 Å². The molecule has 1 amide bonds. The van der Waals surface area contributed by atoms with Crippen LogP contribution in [0.5, 0.6) is 0 Å². The molecule has 2 aromatic rings. The fourth-order valence-electron chi connectivity index (χ4n) is 2.94. The van der Waals surface area contributed by atoms with E-state index in [1.165, 1.54) is 12.1 Å². The minimum absolute atomic E-state index is 0.0874. The van der Waals surface area contributed by atoms with Crippen molar-refractivity contribution in [3.05, 3.63) is 71.3 Å². The maximum Gasteiger partial charge on any atom is 0.335 e. The maximum absolute atomic E-state index is 12.8. The number of ether oxygens (including phenoxy) is 1. The van der Waals surface area contributed by atoms with Crippen molar-refractivity contribution >= 4 is 11.9 Å². The molecule has 1 N–H and O–H groups in total. The van der Waals surface area contributed by atoms with Gasteiger partial charge in [-0.25, -0.2) is 4.79 Å². The highest BCUT2D eigenvalue weighted by Crippen LogP contribution is 2.26. The van der Waals surface area contributed by atoms with Crippen LogP contribution in [0.15, 0.2) is 54.6 Å². The van der Waals surface area contributed by atoms with Crippen molar-refractivity contribution < 1.29 is 19.4 Å². The molecule has 5 heteroatoms. The van der Waals surface area contributed by atoms with Gasteiger partial charge in [-0.1, -0.05) is 36.4 Å². The number of hydrogen-bond acceptors (Lipinski definition) is 3. The van der Waals surface area contributed by atoms with Crippen LogP contribution in [0.3, 0.4) is 0 Å². The van der Waals surface area contributed by atoms with Gasteiger partial charge in [0.15, 0.2) is 0 Å². The summed E-state index contributed by atoms with van der Waals surface area (Å²) in [7, 11) is 0. The number of morpholine rings is 1. The number of amides is 1. The van der Waals surface area contributed by atoms with Gasteiger partial charge < -0.3 is 14.7 Å². The van der Waals surface area contributed by atoms with Gasteiger partial charge >= 0.3 is 5.97 Å². The highest BCUT2D eigenvalue weighted by atomic mass is 16.5. The summed E-state index contributed by atoms with van der Waals surface area (Å²) >= 11 is 0. The molecule has 0 saturated carbocycles. The van der Waals surface area contributed by atoms with Gasteiger partial charge in [0.2, 0.25) is 0 Å². The van der Waals surface area contributed by atoms with Crippen LogP contribution in [-0.4, -0.2) is 41.1 Å². The largest absolute Gasteiger partial charge is 0.478 e. The second kappa shape index (κ2) is 6.84. The molecule has 1 aliphatic heterocycles. The average molecular weight is 325 g/mol. The molecule has 1 fully saturated rings. The maximum atomic E-state index is 12.8. The molecular formula is C19H19NO4. The van der Waals surface area contributed by atoms with E-state index in [9.17, 15) is 9.59 Å². The zero-order valence-corrected chi connectivity index (χ0v) is 13.4. The highest BCUT2D eigenvalue weighted by Gasteiger charge is 2.30. The number of benzene rings is 2. The first-order valence-corrected chi connectivity index (χ1v) is 7.87. The Balaban J connectivity index is 1.81. The lowest BCUT2D eigenvalue weighted by Gasteiger charge is -2.37. The van der Waals surface area contributed by atoms with Crippen molar-refractivity contribution in [2.45, 2.75) is 19.1 Å². The second-order valence-electron chi connectivity index (χ2n) is 5.94. The second-order valence-corrected chi connectivity index (χ2v) is 5.94. The molecule has 124 valence electrons. The van der Waals surface area contributed by atoms with Crippen molar-refractivity contribution in [2.75, 3.05) is 13.1 Å². The summed E-state index contributed by atoms with van der Waals surface area (Å²) in [6, 6.07) is 15.9. The Kier molecular flexibility index (Phi) is 4.62. The molecule has 0 spiro atoms. The summed E-state index contributed by atoms with van der Waals surface area (Å²) in [4.78, 5) is 25.6. The van der Waals surface area contributed by atoms with E-state index in [0.717, 1.165) is 5.56 Å². The minimum atomic E-state index is -1.04. The van der Waals surface area contributed by atoms with Crippen molar-refractivity contribution in [1.29, 1.82) is 0 Å². The Bertz CT molecular complexity index is 744. The van der Waals surface area contributed by atoms with Crippen LogP contribution in [0, 0.1) is 0 Å². The Morgan fingerprint density at radius 3 is 2.46 bits per heavy atom. The SMILES string of the molecule is CC1CN(C(=O)c2cccc(C(=O)O)c2)CC(c2ccccc2)O1. The van der Waals surface area contributed by atoms with Crippen molar-refractivity contribution in [3.8, 4) is 0 Å². The van der Waals surface area contributed by atoms with E-state index in [4.69, 9.17) is 9.84 Å². The predicted octanol–water partition coefficient (Wildman–Crippen LogP) is 2.99. The molecule has 0 aromatic heterocycles. The first kappa shape index (κ1) is 16.2. The molecule has 24 heavy (non-hydrogen) atoms. The first-order valence-electron chi connectivity index (χ1n) is 7.87. The third kappa shape index (κ3) is 3.46. The van der Waals surface area contributed by atoms with Gasteiger partial charge in [0.1, 0.15) is 6.10 Å². The number of carbonyl (C=O) groups excluding carboxylic acids is 1. The Morgan fingerprint density at radius 2 is 1.75 bits per heavy atom. The van der Waals surface area contributed by atoms with E-state index >= 15 is 0 Å². The topological polar surface area (TPSA) is 66.8 Å². The van der Waals surface area contributed by atoms with Gasteiger partial charge in [0.25, 0.3) is 5.91 Å². The Labute approximate surface area is 140 Å². The summed E-state index contributed by atoms with van der Waals surface area (Å²) in [6.45, 7) is 2.87. The lowest BCUT2D eigenvalue weighted by Crippen LogP contribution is -2.46. The van der Waals surface area contributed by atoms with Crippen molar-refractivity contribution in [1.82, 2.24) is 4.90 Å².